The van der Waals surface area contributed by atoms with Crippen LogP contribution < -0.4 is 4.74 Å². The first-order valence-electron chi connectivity index (χ1n) is 5.28. The number of alkyl halides is 2. The number of aliphatic hydroxyl groups is 1. The Labute approximate surface area is 102 Å². The topological polar surface area (TPSA) is 47.3 Å². The van der Waals surface area contributed by atoms with Crippen molar-refractivity contribution in [1.29, 1.82) is 0 Å². The largest absolute Gasteiger partial charge is 0.494 e. The summed E-state index contributed by atoms with van der Waals surface area (Å²) < 4.78 is 32.2. The molecule has 96 valence electrons. The molecule has 0 spiro atoms. The fourth-order valence-electron chi connectivity index (χ4n) is 1.74. The maximum Gasteiger partial charge on any atom is 0.280 e. The minimum atomic E-state index is -2.72. The third-order valence-corrected chi connectivity index (χ3v) is 2.58. The van der Waals surface area contributed by atoms with Gasteiger partial charge in [0.1, 0.15) is 17.1 Å². The van der Waals surface area contributed by atoms with Crippen molar-refractivity contribution in [1.82, 2.24) is 9.78 Å². The molecule has 0 atom stereocenters. The lowest BCUT2D eigenvalue weighted by molar-refractivity contribution is 0.138. The number of methoxy groups -OCH3 is 1. The van der Waals surface area contributed by atoms with Gasteiger partial charge in [0.05, 0.1) is 19.9 Å². The second-order valence-electron chi connectivity index (χ2n) is 3.60. The van der Waals surface area contributed by atoms with Gasteiger partial charge in [-0.05, 0) is 12.1 Å². The van der Waals surface area contributed by atoms with Crippen molar-refractivity contribution >= 4 is 0 Å². The van der Waals surface area contributed by atoms with E-state index in [9.17, 15) is 8.78 Å². The summed E-state index contributed by atoms with van der Waals surface area (Å²) in [5, 5.41) is 12.9. The fraction of sp³-hybridized carbons (Fsp3) is 0.250. The van der Waals surface area contributed by atoms with Crippen molar-refractivity contribution in [3.8, 4) is 11.4 Å². The number of rotatable bonds is 4. The molecule has 0 unspecified atom stereocenters. The number of hydrogen-bond donors (Lipinski definition) is 1. The van der Waals surface area contributed by atoms with Crippen molar-refractivity contribution in [2.24, 2.45) is 0 Å². The Morgan fingerprint density at radius 3 is 2.72 bits per heavy atom. The van der Waals surface area contributed by atoms with Crippen LogP contribution in [0.2, 0.25) is 0 Å². The molecule has 1 aromatic carbocycles. The number of hydrogen-bond acceptors (Lipinski definition) is 3. The van der Waals surface area contributed by atoms with Crippen LogP contribution >= 0.6 is 0 Å². The number of halogens is 2. The molecule has 0 saturated heterocycles. The average Bonchev–Trinajstić information content (AvgIpc) is 2.82. The summed E-state index contributed by atoms with van der Waals surface area (Å²) in [4.78, 5) is 0. The lowest BCUT2D eigenvalue weighted by atomic mass is 10.2. The summed E-state index contributed by atoms with van der Waals surface area (Å²) >= 11 is 0. The van der Waals surface area contributed by atoms with E-state index < -0.39 is 13.0 Å². The highest BCUT2D eigenvalue weighted by Gasteiger charge is 2.21. The molecule has 2 rings (SSSR count). The smallest absolute Gasteiger partial charge is 0.280 e. The first-order chi connectivity index (χ1) is 8.69. The van der Waals surface area contributed by atoms with Crippen molar-refractivity contribution < 1.29 is 18.6 Å². The normalized spacial score (nSPS) is 10.9. The minimum Gasteiger partial charge on any atom is -0.494 e. The summed E-state index contributed by atoms with van der Waals surface area (Å²) in [6.45, 7) is -0.477. The minimum absolute atomic E-state index is 0.107. The van der Waals surface area contributed by atoms with Gasteiger partial charge in [-0.25, -0.2) is 13.5 Å². The molecular weight excluding hydrogens is 242 g/mol. The maximum atomic E-state index is 13.0. The zero-order valence-electron chi connectivity index (χ0n) is 9.68. The van der Waals surface area contributed by atoms with Crippen molar-refractivity contribution in [2.45, 2.75) is 13.0 Å². The summed E-state index contributed by atoms with van der Waals surface area (Å²) in [5.41, 5.74) is 0.202. The quantitative estimate of drug-likeness (QED) is 0.910. The SMILES string of the molecule is COc1ccccc1-n1ncc(CO)c1C(F)F. The molecule has 0 fully saturated rings. The molecule has 1 heterocycles. The van der Waals surface area contributed by atoms with Crippen molar-refractivity contribution in [3.05, 3.63) is 41.7 Å². The molecular formula is C12H12F2N2O2. The van der Waals surface area contributed by atoms with Gasteiger partial charge in [-0.3, -0.25) is 0 Å². The predicted molar refractivity (Wildman–Crippen MR) is 61.0 cm³/mol. The van der Waals surface area contributed by atoms with Crippen LogP contribution in [0.15, 0.2) is 30.5 Å². The number of ether oxygens (including phenoxy) is 1. The molecule has 4 nitrogen and oxygen atoms in total. The lowest BCUT2D eigenvalue weighted by Crippen LogP contribution is -2.06. The van der Waals surface area contributed by atoms with Crippen molar-refractivity contribution in [2.75, 3.05) is 7.11 Å². The standard InChI is InChI=1S/C12H12F2N2O2/c1-18-10-5-3-2-4-9(10)16-11(12(13)14)8(7-17)6-15-16/h2-6,12,17H,7H2,1H3. The number of nitrogens with zero attached hydrogens (tertiary/aromatic N) is 2. The number of aliphatic hydroxyl groups excluding tert-OH is 1. The second kappa shape index (κ2) is 5.14. The highest BCUT2D eigenvalue weighted by Crippen LogP contribution is 2.29. The van der Waals surface area contributed by atoms with Crippen LogP contribution in [0.3, 0.4) is 0 Å². The lowest BCUT2D eigenvalue weighted by Gasteiger charge is -2.11. The maximum absolute atomic E-state index is 13.0. The van der Waals surface area contributed by atoms with Crippen LogP contribution in [0.1, 0.15) is 17.7 Å². The molecule has 1 aromatic heterocycles. The second-order valence-corrected chi connectivity index (χ2v) is 3.60. The van der Waals surface area contributed by atoms with E-state index >= 15 is 0 Å². The summed E-state index contributed by atoms with van der Waals surface area (Å²) in [6, 6.07) is 6.72. The first kappa shape index (κ1) is 12.5. The van der Waals surface area contributed by atoms with Gasteiger partial charge in [0.15, 0.2) is 0 Å². The van der Waals surface area contributed by atoms with Gasteiger partial charge < -0.3 is 9.84 Å². The summed E-state index contributed by atoms with van der Waals surface area (Å²) in [7, 11) is 1.46. The van der Waals surface area contributed by atoms with Gasteiger partial charge >= 0.3 is 0 Å². The van der Waals surface area contributed by atoms with E-state index in [0.29, 0.717) is 11.4 Å². The zero-order valence-corrected chi connectivity index (χ0v) is 9.68. The number of para-hydroxylation sites is 2. The Bertz CT molecular complexity index is 541. The van der Waals surface area contributed by atoms with Crippen LogP contribution in [0.5, 0.6) is 5.75 Å². The first-order valence-corrected chi connectivity index (χ1v) is 5.28. The Morgan fingerprint density at radius 1 is 1.39 bits per heavy atom. The van der Waals surface area contributed by atoms with E-state index in [1.807, 2.05) is 0 Å². The molecule has 0 aliphatic rings. The third kappa shape index (κ3) is 2.06. The highest BCUT2D eigenvalue weighted by molar-refractivity contribution is 5.47. The molecule has 0 aliphatic carbocycles. The van der Waals surface area contributed by atoms with Crippen LogP contribution in [0, 0.1) is 0 Å². The van der Waals surface area contributed by atoms with Crippen LogP contribution in [-0.2, 0) is 6.61 Å². The predicted octanol–water partition coefficient (Wildman–Crippen LogP) is 2.31. The van der Waals surface area contributed by atoms with Crippen LogP contribution in [-0.4, -0.2) is 22.0 Å². The Morgan fingerprint density at radius 2 is 2.11 bits per heavy atom. The van der Waals surface area contributed by atoms with Gasteiger partial charge in [-0.1, -0.05) is 12.1 Å². The van der Waals surface area contributed by atoms with Gasteiger partial charge in [-0.2, -0.15) is 5.10 Å². The molecule has 0 aliphatic heterocycles. The van der Waals surface area contributed by atoms with E-state index in [1.165, 1.54) is 13.3 Å². The Kier molecular flexibility index (Phi) is 3.57. The number of aromatic nitrogens is 2. The van der Waals surface area contributed by atoms with E-state index in [2.05, 4.69) is 5.10 Å². The fourth-order valence-corrected chi connectivity index (χ4v) is 1.74. The highest BCUT2D eigenvalue weighted by atomic mass is 19.3. The van der Waals surface area contributed by atoms with E-state index in [-0.39, 0.29) is 11.3 Å². The van der Waals surface area contributed by atoms with Gasteiger partial charge in [0, 0.05) is 5.56 Å². The molecule has 0 amide bonds. The molecule has 1 N–H and O–H groups in total. The molecule has 0 saturated carbocycles. The number of benzene rings is 1. The van der Waals surface area contributed by atoms with Gasteiger partial charge in [0.2, 0.25) is 0 Å². The molecule has 0 bridgehead atoms. The molecule has 6 heteroatoms. The Hall–Kier alpha value is -1.95. The zero-order chi connectivity index (χ0) is 13.1. The summed E-state index contributed by atoms with van der Waals surface area (Å²) in [6.07, 6.45) is -1.49. The monoisotopic (exact) mass is 254 g/mol. The Balaban J connectivity index is 2.60. The van der Waals surface area contributed by atoms with E-state index in [0.717, 1.165) is 4.68 Å². The van der Waals surface area contributed by atoms with Gasteiger partial charge in [-0.15, -0.1) is 0 Å². The van der Waals surface area contributed by atoms with E-state index in [1.54, 1.807) is 24.3 Å². The molecule has 0 radical (unpaired) electrons. The third-order valence-electron chi connectivity index (χ3n) is 2.58. The van der Waals surface area contributed by atoms with Crippen LogP contribution in [0.4, 0.5) is 8.78 Å². The van der Waals surface area contributed by atoms with Crippen LogP contribution in [0.25, 0.3) is 5.69 Å². The van der Waals surface area contributed by atoms with E-state index in [4.69, 9.17) is 9.84 Å². The summed E-state index contributed by atoms with van der Waals surface area (Å²) in [5.74, 6) is 0.437. The van der Waals surface area contributed by atoms with Gasteiger partial charge in [0.25, 0.3) is 6.43 Å². The average molecular weight is 254 g/mol. The van der Waals surface area contributed by atoms with Crippen molar-refractivity contribution in [3.63, 3.8) is 0 Å². The molecule has 18 heavy (non-hydrogen) atoms. The molecule has 2 aromatic rings.